The Kier molecular flexibility index (Phi) is 1.31. The lowest BCUT2D eigenvalue weighted by molar-refractivity contribution is -0.163. The lowest BCUT2D eigenvalue weighted by atomic mass is 9.65. The fraction of sp³-hybridized carbons (Fsp3) is 0.429. The Morgan fingerprint density at radius 3 is 2.38 bits per heavy atom. The molecule has 2 aliphatic rings. The van der Waals surface area contributed by atoms with Crippen LogP contribution in [0.5, 0.6) is 0 Å². The minimum atomic E-state index is -1.39. The summed E-state index contributed by atoms with van der Waals surface area (Å²) in [5.41, 5.74) is 0. The molecule has 1 saturated carbocycles. The smallest absolute Gasteiger partial charge is 0.325 e. The van der Waals surface area contributed by atoms with E-state index in [1.165, 1.54) is 0 Å². The standard InChI is InChI=1S/C7H4O6/c8-4-2(5(9)10)1-3(4)7(12)13-6(1)11/h1-3H,(H,9,10). The van der Waals surface area contributed by atoms with Gasteiger partial charge in [-0.1, -0.05) is 0 Å². The van der Waals surface area contributed by atoms with Crippen LogP contribution in [0.4, 0.5) is 0 Å². The summed E-state index contributed by atoms with van der Waals surface area (Å²) < 4.78 is 4.14. The molecule has 68 valence electrons. The molecule has 1 aliphatic heterocycles. The van der Waals surface area contributed by atoms with Crippen molar-refractivity contribution in [1.29, 1.82) is 0 Å². The average Bonchev–Trinajstić information content (AvgIpc) is 2.20. The second-order valence-electron chi connectivity index (χ2n) is 2.96. The van der Waals surface area contributed by atoms with Gasteiger partial charge in [0, 0.05) is 0 Å². The van der Waals surface area contributed by atoms with E-state index in [0.29, 0.717) is 0 Å². The highest BCUT2D eigenvalue weighted by molar-refractivity contribution is 6.23. The quantitative estimate of drug-likeness (QED) is 0.397. The summed E-state index contributed by atoms with van der Waals surface area (Å²) in [7, 11) is 0. The summed E-state index contributed by atoms with van der Waals surface area (Å²) in [6, 6.07) is 0. The van der Waals surface area contributed by atoms with Crippen LogP contribution in [-0.2, 0) is 23.9 Å². The Labute approximate surface area is 71.5 Å². The van der Waals surface area contributed by atoms with Gasteiger partial charge in [-0.25, -0.2) is 0 Å². The van der Waals surface area contributed by atoms with E-state index >= 15 is 0 Å². The first-order chi connectivity index (χ1) is 6.04. The van der Waals surface area contributed by atoms with Gasteiger partial charge in [-0.05, 0) is 0 Å². The molecule has 1 heterocycles. The fourth-order valence-corrected chi connectivity index (χ4v) is 1.66. The molecular weight excluding hydrogens is 180 g/mol. The van der Waals surface area contributed by atoms with Gasteiger partial charge in [0.15, 0.2) is 5.78 Å². The van der Waals surface area contributed by atoms with E-state index in [1.807, 2.05) is 0 Å². The van der Waals surface area contributed by atoms with Crippen LogP contribution < -0.4 is 0 Å². The summed E-state index contributed by atoms with van der Waals surface area (Å²) in [5.74, 6) is -7.55. The number of esters is 2. The predicted octanol–water partition coefficient (Wildman–Crippen LogP) is -1.41. The van der Waals surface area contributed by atoms with Gasteiger partial charge in [0.1, 0.15) is 11.8 Å². The van der Waals surface area contributed by atoms with E-state index < -0.39 is 41.4 Å². The molecule has 0 amide bonds. The molecule has 1 N–H and O–H groups in total. The topological polar surface area (TPSA) is 97.7 Å². The molecule has 2 fully saturated rings. The number of carbonyl (C=O) groups is 4. The number of aliphatic carboxylic acids is 1. The van der Waals surface area contributed by atoms with Crippen molar-refractivity contribution in [2.45, 2.75) is 0 Å². The Morgan fingerprint density at radius 1 is 1.23 bits per heavy atom. The zero-order valence-electron chi connectivity index (χ0n) is 6.22. The second kappa shape index (κ2) is 2.15. The van der Waals surface area contributed by atoms with Crippen molar-refractivity contribution < 1.29 is 29.0 Å². The molecule has 0 aromatic heterocycles. The number of rotatable bonds is 1. The molecule has 0 bridgehead atoms. The normalized spacial score (nSPS) is 36.6. The number of hydrogen-bond acceptors (Lipinski definition) is 5. The van der Waals surface area contributed by atoms with Crippen LogP contribution in [0.2, 0.25) is 0 Å². The average molecular weight is 184 g/mol. The molecule has 6 heteroatoms. The number of cyclic esters (lactones) is 2. The maximum absolute atomic E-state index is 11.0. The molecule has 6 nitrogen and oxygen atoms in total. The van der Waals surface area contributed by atoms with Crippen LogP contribution in [0.1, 0.15) is 0 Å². The first-order valence-electron chi connectivity index (χ1n) is 3.56. The van der Waals surface area contributed by atoms with Crippen molar-refractivity contribution in [2.24, 2.45) is 17.8 Å². The van der Waals surface area contributed by atoms with E-state index in [9.17, 15) is 19.2 Å². The maximum Gasteiger partial charge on any atom is 0.325 e. The minimum Gasteiger partial charge on any atom is -0.481 e. The molecule has 0 aromatic rings. The third-order valence-corrected chi connectivity index (χ3v) is 2.32. The Morgan fingerprint density at radius 2 is 1.85 bits per heavy atom. The Balaban J connectivity index is 2.32. The maximum atomic E-state index is 11.0. The summed E-state index contributed by atoms with van der Waals surface area (Å²) >= 11 is 0. The largest absolute Gasteiger partial charge is 0.481 e. The van der Waals surface area contributed by atoms with Gasteiger partial charge in [-0.15, -0.1) is 0 Å². The van der Waals surface area contributed by atoms with Gasteiger partial charge in [-0.3, -0.25) is 19.2 Å². The number of fused-ring (bicyclic) bond motifs is 1. The first kappa shape index (κ1) is 7.90. The van der Waals surface area contributed by atoms with Crippen molar-refractivity contribution in [3.8, 4) is 0 Å². The number of hydrogen-bond donors (Lipinski definition) is 1. The predicted molar refractivity (Wildman–Crippen MR) is 34.2 cm³/mol. The summed E-state index contributed by atoms with van der Waals surface area (Å²) in [4.78, 5) is 43.1. The molecule has 3 atom stereocenters. The Hall–Kier alpha value is -1.72. The van der Waals surface area contributed by atoms with Crippen LogP contribution >= 0.6 is 0 Å². The summed E-state index contributed by atoms with van der Waals surface area (Å²) in [6.07, 6.45) is 0. The Bertz CT molecular complexity index is 343. The number of carbonyl (C=O) groups excluding carboxylic acids is 3. The van der Waals surface area contributed by atoms with E-state index in [4.69, 9.17) is 5.11 Å². The number of ketones is 1. The molecule has 0 spiro atoms. The number of Topliss-reactive ketones (excluding diaryl/α,β-unsaturated/α-hetero) is 1. The summed E-state index contributed by atoms with van der Waals surface area (Å²) in [5, 5.41) is 8.51. The molecule has 0 aromatic carbocycles. The lowest BCUT2D eigenvalue weighted by Gasteiger charge is -2.29. The third kappa shape index (κ3) is 0.769. The molecule has 3 unspecified atom stereocenters. The van der Waals surface area contributed by atoms with Crippen molar-refractivity contribution in [3.05, 3.63) is 0 Å². The van der Waals surface area contributed by atoms with E-state index in [0.717, 1.165) is 0 Å². The number of carboxylic acid groups (broad SMARTS) is 1. The second-order valence-corrected chi connectivity index (χ2v) is 2.96. The molecule has 0 radical (unpaired) electrons. The fourth-order valence-electron chi connectivity index (χ4n) is 1.66. The van der Waals surface area contributed by atoms with Crippen molar-refractivity contribution in [2.75, 3.05) is 0 Å². The van der Waals surface area contributed by atoms with Crippen LogP contribution in [0, 0.1) is 17.8 Å². The third-order valence-electron chi connectivity index (χ3n) is 2.32. The highest BCUT2D eigenvalue weighted by Crippen LogP contribution is 2.43. The molecule has 1 aliphatic carbocycles. The van der Waals surface area contributed by atoms with Gasteiger partial charge in [0.05, 0.1) is 5.92 Å². The minimum absolute atomic E-state index is 0.728. The van der Waals surface area contributed by atoms with Gasteiger partial charge in [0.2, 0.25) is 0 Å². The SMILES string of the molecule is O=C(O)C1C(=O)C2C(=O)OC(=O)C12. The molecule has 2 rings (SSSR count). The van der Waals surface area contributed by atoms with E-state index in [-0.39, 0.29) is 0 Å². The zero-order valence-corrected chi connectivity index (χ0v) is 6.22. The highest BCUT2D eigenvalue weighted by Gasteiger charge is 2.66. The first-order valence-corrected chi connectivity index (χ1v) is 3.56. The van der Waals surface area contributed by atoms with Gasteiger partial charge in [-0.2, -0.15) is 0 Å². The molecule has 13 heavy (non-hydrogen) atoms. The van der Waals surface area contributed by atoms with Crippen molar-refractivity contribution in [3.63, 3.8) is 0 Å². The van der Waals surface area contributed by atoms with Crippen LogP contribution in [0.25, 0.3) is 0 Å². The van der Waals surface area contributed by atoms with Gasteiger partial charge in [0.25, 0.3) is 0 Å². The van der Waals surface area contributed by atoms with E-state index in [2.05, 4.69) is 4.74 Å². The monoisotopic (exact) mass is 184 g/mol. The van der Waals surface area contributed by atoms with Crippen LogP contribution in [-0.4, -0.2) is 28.8 Å². The highest BCUT2D eigenvalue weighted by atomic mass is 16.6. The van der Waals surface area contributed by atoms with Crippen molar-refractivity contribution >= 4 is 23.7 Å². The number of carboxylic acids is 1. The van der Waals surface area contributed by atoms with Crippen LogP contribution in [0.3, 0.4) is 0 Å². The summed E-state index contributed by atoms with van der Waals surface area (Å²) in [6.45, 7) is 0. The molecular formula is C7H4O6. The zero-order chi connectivity index (χ0) is 9.75. The lowest BCUT2D eigenvalue weighted by Crippen LogP contribution is -2.52. The van der Waals surface area contributed by atoms with Crippen molar-refractivity contribution in [1.82, 2.24) is 0 Å². The van der Waals surface area contributed by atoms with Crippen LogP contribution in [0.15, 0.2) is 0 Å². The number of ether oxygens (including phenoxy) is 1. The molecule has 1 saturated heterocycles. The van der Waals surface area contributed by atoms with E-state index in [1.54, 1.807) is 0 Å². The van der Waals surface area contributed by atoms with Gasteiger partial charge >= 0.3 is 17.9 Å². The van der Waals surface area contributed by atoms with Gasteiger partial charge < -0.3 is 9.84 Å².